The lowest BCUT2D eigenvalue weighted by Gasteiger charge is -2.05. The Morgan fingerprint density at radius 3 is 2.59 bits per heavy atom. The van der Waals surface area contributed by atoms with Gasteiger partial charge in [-0.2, -0.15) is 13.2 Å². The predicted octanol–water partition coefficient (Wildman–Crippen LogP) is 3.44. The smallest absolute Gasteiger partial charge is 0.370 e. The quantitative estimate of drug-likeness (QED) is 0.667. The average Bonchev–Trinajstić information content (AvgIpc) is 2.90. The van der Waals surface area contributed by atoms with E-state index in [-0.39, 0.29) is 12.5 Å². The number of alkyl halides is 3. The number of nitrogens with two attached hydrogens (primary N) is 1. The molecule has 1 aromatic heterocycles. The number of benzene rings is 1. The first-order valence-electron chi connectivity index (χ1n) is 6.50. The molecule has 0 radical (unpaired) electrons. The average molecular weight is 328 g/mol. The fraction of sp³-hybridized carbons (Fsp3) is 0.286. The molecule has 118 valence electrons. The molecular formula is C14H15F3N4S. The molecule has 22 heavy (non-hydrogen) atoms. The lowest BCUT2D eigenvalue weighted by molar-refractivity contribution is -0.140. The highest BCUT2D eigenvalue weighted by molar-refractivity contribution is 7.09. The number of aliphatic imine (C=N–C) groups is 1. The van der Waals surface area contributed by atoms with Crippen molar-refractivity contribution in [1.29, 1.82) is 0 Å². The van der Waals surface area contributed by atoms with Crippen molar-refractivity contribution in [2.45, 2.75) is 19.5 Å². The van der Waals surface area contributed by atoms with Gasteiger partial charge in [-0.15, -0.1) is 11.3 Å². The zero-order valence-corrected chi connectivity index (χ0v) is 12.6. The summed E-state index contributed by atoms with van der Waals surface area (Å²) in [6.07, 6.45) is -4.08. The number of nitrogens with zero attached hydrogens (tertiary/aromatic N) is 2. The van der Waals surface area contributed by atoms with Crippen molar-refractivity contribution in [2.24, 2.45) is 10.7 Å². The molecule has 1 aromatic carbocycles. The largest absolute Gasteiger partial charge is 0.434 e. The van der Waals surface area contributed by atoms with Crippen molar-refractivity contribution < 1.29 is 13.2 Å². The Balaban J connectivity index is 1.86. The molecule has 2 aromatic rings. The second-order valence-corrected chi connectivity index (χ2v) is 5.57. The van der Waals surface area contributed by atoms with Gasteiger partial charge in [-0.1, -0.05) is 17.7 Å². The minimum absolute atomic E-state index is 0.219. The van der Waals surface area contributed by atoms with Gasteiger partial charge < -0.3 is 11.1 Å². The zero-order valence-electron chi connectivity index (χ0n) is 11.8. The molecule has 0 spiro atoms. The number of hydrogen-bond acceptors (Lipinski definition) is 3. The van der Waals surface area contributed by atoms with Gasteiger partial charge >= 0.3 is 6.18 Å². The summed E-state index contributed by atoms with van der Waals surface area (Å²) in [6, 6.07) is 7.61. The van der Waals surface area contributed by atoms with Crippen LogP contribution in [-0.2, 0) is 12.6 Å². The molecule has 4 nitrogen and oxygen atoms in total. The molecule has 1 heterocycles. The van der Waals surface area contributed by atoms with Gasteiger partial charge in [-0.25, -0.2) is 4.98 Å². The van der Waals surface area contributed by atoms with Crippen LogP contribution in [0.2, 0.25) is 0 Å². The first kappa shape index (κ1) is 16.3. The van der Waals surface area contributed by atoms with Gasteiger partial charge in [-0.05, 0) is 19.1 Å². The van der Waals surface area contributed by atoms with Crippen LogP contribution in [0.3, 0.4) is 0 Å². The minimum atomic E-state index is -4.40. The Bertz CT molecular complexity index is 647. The molecular weight excluding hydrogens is 313 g/mol. The van der Waals surface area contributed by atoms with Gasteiger partial charge in [0.25, 0.3) is 0 Å². The van der Waals surface area contributed by atoms with Crippen LogP contribution in [0.25, 0.3) is 0 Å². The molecule has 0 saturated carbocycles. The predicted molar refractivity (Wildman–Crippen MR) is 82.1 cm³/mol. The van der Waals surface area contributed by atoms with Gasteiger partial charge in [0.2, 0.25) is 0 Å². The van der Waals surface area contributed by atoms with Gasteiger partial charge in [0.05, 0.1) is 5.01 Å². The Morgan fingerprint density at radius 1 is 1.32 bits per heavy atom. The Morgan fingerprint density at radius 2 is 2.00 bits per heavy atom. The van der Waals surface area contributed by atoms with Gasteiger partial charge in [0, 0.05) is 24.0 Å². The van der Waals surface area contributed by atoms with Crippen LogP contribution in [0.1, 0.15) is 16.3 Å². The van der Waals surface area contributed by atoms with Crippen LogP contribution in [0, 0.1) is 6.92 Å². The molecule has 8 heteroatoms. The van der Waals surface area contributed by atoms with Crippen LogP contribution < -0.4 is 11.1 Å². The molecule has 0 saturated heterocycles. The fourth-order valence-corrected chi connectivity index (χ4v) is 2.45. The van der Waals surface area contributed by atoms with E-state index in [1.54, 1.807) is 0 Å². The second kappa shape index (κ2) is 6.78. The molecule has 0 unspecified atom stereocenters. The van der Waals surface area contributed by atoms with Crippen molar-refractivity contribution in [2.75, 3.05) is 11.9 Å². The lowest BCUT2D eigenvalue weighted by atomic mass is 10.2. The number of halogens is 3. The van der Waals surface area contributed by atoms with Gasteiger partial charge in [0.15, 0.2) is 11.7 Å². The van der Waals surface area contributed by atoms with Gasteiger partial charge in [-0.3, -0.25) is 4.99 Å². The number of rotatable bonds is 4. The normalized spacial score (nSPS) is 12.5. The molecule has 0 fully saturated rings. The van der Waals surface area contributed by atoms with Crippen molar-refractivity contribution in [3.8, 4) is 0 Å². The summed E-state index contributed by atoms with van der Waals surface area (Å²) in [5, 5.41) is 4.31. The van der Waals surface area contributed by atoms with Crippen LogP contribution in [0.5, 0.6) is 0 Å². The van der Waals surface area contributed by atoms with Crippen LogP contribution in [0.4, 0.5) is 18.9 Å². The third-order valence-corrected chi connectivity index (χ3v) is 3.68. The van der Waals surface area contributed by atoms with E-state index in [0.717, 1.165) is 28.0 Å². The first-order chi connectivity index (χ1) is 10.3. The maximum Gasteiger partial charge on any atom is 0.434 e. The number of hydrogen-bond donors (Lipinski definition) is 2. The van der Waals surface area contributed by atoms with Crippen LogP contribution in [0.15, 0.2) is 34.6 Å². The Labute approximate surface area is 129 Å². The van der Waals surface area contributed by atoms with E-state index in [9.17, 15) is 13.2 Å². The van der Waals surface area contributed by atoms with Crippen molar-refractivity contribution >= 4 is 23.0 Å². The SMILES string of the molecule is Cc1ccc(NC(N)=NCCc2nc(C(F)(F)F)cs2)cc1. The molecule has 0 amide bonds. The number of guanidine groups is 1. The van der Waals surface area contributed by atoms with Gasteiger partial charge in [0.1, 0.15) is 0 Å². The highest BCUT2D eigenvalue weighted by Crippen LogP contribution is 2.30. The fourth-order valence-electron chi connectivity index (χ4n) is 1.65. The molecule has 3 N–H and O–H groups in total. The maximum atomic E-state index is 12.4. The Kier molecular flexibility index (Phi) is 5.02. The summed E-state index contributed by atoms with van der Waals surface area (Å²) in [4.78, 5) is 7.61. The second-order valence-electron chi connectivity index (χ2n) is 4.63. The number of nitrogens with one attached hydrogen (secondary N) is 1. The number of aromatic nitrogens is 1. The van der Waals surface area contributed by atoms with Crippen molar-refractivity contribution in [3.05, 3.63) is 45.9 Å². The van der Waals surface area contributed by atoms with E-state index < -0.39 is 11.9 Å². The highest BCUT2D eigenvalue weighted by Gasteiger charge is 2.33. The zero-order chi connectivity index (χ0) is 16.2. The van der Waals surface area contributed by atoms with E-state index in [2.05, 4.69) is 15.3 Å². The Hall–Kier alpha value is -2.09. The number of aryl methyl sites for hydroxylation is 1. The maximum absolute atomic E-state index is 12.4. The van der Waals surface area contributed by atoms with E-state index in [4.69, 9.17) is 5.73 Å². The molecule has 0 atom stereocenters. The summed E-state index contributed by atoms with van der Waals surface area (Å²) in [5.74, 6) is 0.219. The summed E-state index contributed by atoms with van der Waals surface area (Å²) in [6.45, 7) is 2.25. The van der Waals surface area contributed by atoms with E-state index in [1.807, 2.05) is 31.2 Å². The molecule has 0 aliphatic heterocycles. The first-order valence-corrected chi connectivity index (χ1v) is 7.38. The van der Waals surface area contributed by atoms with Crippen LogP contribution >= 0.6 is 11.3 Å². The summed E-state index contributed by atoms with van der Waals surface area (Å²) in [7, 11) is 0. The number of anilines is 1. The molecule has 0 bridgehead atoms. The van der Waals surface area contributed by atoms with E-state index >= 15 is 0 Å². The van der Waals surface area contributed by atoms with Crippen molar-refractivity contribution in [1.82, 2.24) is 4.98 Å². The summed E-state index contributed by atoms with van der Waals surface area (Å²) in [5.41, 5.74) is 6.80. The summed E-state index contributed by atoms with van der Waals surface area (Å²) < 4.78 is 37.2. The topological polar surface area (TPSA) is 63.3 Å². The monoisotopic (exact) mass is 328 g/mol. The van der Waals surface area contributed by atoms with E-state index in [0.29, 0.717) is 11.4 Å². The third kappa shape index (κ3) is 4.73. The van der Waals surface area contributed by atoms with Crippen LogP contribution in [-0.4, -0.2) is 17.5 Å². The summed E-state index contributed by atoms with van der Waals surface area (Å²) >= 11 is 0.972. The minimum Gasteiger partial charge on any atom is -0.370 e. The number of thiazole rings is 1. The highest BCUT2D eigenvalue weighted by atomic mass is 32.1. The van der Waals surface area contributed by atoms with Crippen molar-refractivity contribution in [3.63, 3.8) is 0 Å². The molecule has 0 aliphatic rings. The molecule has 0 aliphatic carbocycles. The molecule has 2 rings (SSSR count). The third-order valence-electron chi connectivity index (χ3n) is 2.77. The van der Waals surface area contributed by atoms with E-state index in [1.165, 1.54) is 0 Å². The lowest BCUT2D eigenvalue weighted by Crippen LogP contribution is -2.23. The standard InChI is InChI=1S/C14H15F3N4S/c1-9-2-4-10(5-3-9)20-13(18)19-7-6-12-21-11(8-22-12)14(15,16)17/h2-5,8H,6-7H2,1H3,(H3,18,19,20).